The highest BCUT2D eigenvalue weighted by Crippen LogP contribution is 2.24. The van der Waals surface area contributed by atoms with Crippen molar-refractivity contribution in [3.05, 3.63) is 35.3 Å². The van der Waals surface area contributed by atoms with Crippen LogP contribution >= 0.6 is 0 Å². The van der Waals surface area contributed by atoms with Crippen LogP contribution in [0.15, 0.2) is 18.2 Å². The Morgan fingerprint density at radius 1 is 1.48 bits per heavy atom. The molecule has 2 heterocycles. The normalized spacial score (nSPS) is 18.3. The van der Waals surface area contributed by atoms with E-state index in [1.165, 1.54) is 17.0 Å². The molecule has 1 aromatic heterocycles. The lowest BCUT2D eigenvalue weighted by molar-refractivity contribution is -0.159. The first kappa shape index (κ1) is 15.5. The zero-order valence-electron chi connectivity index (χ0n) is 12.6. The first-order valence-electron chi connectivity index (χ1n) is 7.34. The molecular weight excluding hydrogens is 303 g/mol. The highest BCUT2D eigenvalue weighted by Gasteiger charge is 2.29. The van der Waals surface area contributed by atoms with E-state index in [0.717, 1.165) is 16.8 Å². The number of hydrogen-bond donors (Lipinski definition) is 2. The van der Waals surface area contributed by atoms with Gasteiger partial charge >= 0.3 is 5.97 Å². The number of nitrogens with one attached hydrogen (secondary N) is 1. The van der Waals surface area contributed by atoms with Crippen LogP contribution in [0.5, 0.6) is 0 Å². The van der Waals surface area contributed by atoms with Gasteiger partial charge in [0.05, 0.1) is 19.6 Å². The summed E-state index contributed by atoms with van der Waals surface area (Å²) < 4.78 is 18.6. The van der Waals surface area contributed by atoms with E-state index in [1.807, 2.05) is 6.92 Å². The third-order valence-corrected chi connectivity index (χ3v) is 4.10. The van der Waals surface area contributed by atoms with E-state index >= 15 is 0 Å². The number of ether oxygens (including phenoxy) is 1. The lowest BCUT2D eigenvalue weighted by atomic mass is 10.1. The number of carboxylic acids is 1. The minimum Gasteiger partial charge on any atom is -0.479 e. The molecule has 3 rings (SSSR count). The number of aromatic amines is 1. The molecule has 0 bridgehead atoms. The number of rotatable bonds is 3. The molecule has 1 atom stereocenters. The van der Waals surface area contributed by atoms with Crippen molar-refractivity contribution in [2.75, 3.05) is 19.7 Å². The van der Waals surface area contributed by atoms with Crippen molar-refractivity contribution < 1.29 is 23.8 Å². The number of aromatic nitrogens is 1. The standard InChI is InChI=1S/C16H17FN2O4/c1-9-11(12-6-10(17)2-3-13(12)18-9)7-15(20)19-4-5-23-14(8-19)16(21)22/h2-3,6,14,18H,4-5,7-8H2,1H3,(H,21,22)/t14-/m0/s1. The molecule has 1 amide bonds. The molecule has 6 nitrogen and oxygen atoms in total. The Bertz CT molecular complexity index is 771. The van der Waals surface area contributed by atoms with Crippen LogP contribution in [0.1, 0.15) is 11.3 Å². The average molecular weight is 320 g/mol. The smallest absolute Gasteiger partial charge is 0.334 e. The molecule has 2 aromatic rings. The molecule has 1 fully saturated rings. The van der Waals surface area contributed by atoms with E-state index in [2.05, 4.69) is 4.98 Å². The minimum atomic E-state index is -1.08. The van der Waals surface area contributed by atoms with E-state index in [4.69, 9.17) is 9.84 Å². The molecule has 2 N–H and O–H groups in total. The number of aliphatic carboxylic acids is 1. The summed E-state index contributed by atoms with van der Waals surface area (Å²) >= 11 is 0. The van der Waals surface area contributed by atoms with Gasteiger partial charge in [0.2, 0.25) is 5.91 Å². The Morgan fingerprint density at radius 3 is 3.00 bits per heavy atom. The molecule has 7 heteroatoms. The fourth-order valence-corrected chi connectivity index (χ4v) is 2.87. The molecule has 0 spiro atoms. The number of amides is 1. The summed E-state index contributed by atoms with van der Waals surface area (Å²) in [6, 6.07) is 4.41. The average Bonchev–Trinajstić information content (AvgIpc) is 2.83. The summed E-state index contributed by atoms with van der Waals surface area (Å²) in [4.78, 5) is 28.1. The van der Waals surface area contributed by atoms with Crippen LogP contribution in [-0.2, 0) is 20.7 Å². The fraction of sp³-hybridized carbons (Fsp3) is 0.375. The van der Waals surface area contributed by atoms with Gasteiger partial charge in [-0.05, 0) is 30.7 Å². The number of aryl methyl sites for hydroxylation is 1. The van der Waals surface area contributed by atoms with Gasteiger partial charge in [-0.1, -0.05) is 0 Å². The lowest BCUT2D eigenvalue weighted by Crippen LogP contribution is -2.49. The summed E-state index contributed by atoms with van der Waals surface area (Å²) in [5.74, 6) is -1.62. The van der Waals surface area contributed by atoms with Crippen LogP contribution in [0, 0.1) is 12.7 Å². The lowest BCUT2D eigenvalue weighted by Gasteiger charge is -2.31. The first-order chi connectivity index (χ1) is 11.0. The van der Waals surface area contributed by atoms with Crippen molar-refractivity contribution in [3.8, 4) is 0 Å². The molecule has 1 aliphatic heterocycles. The molecule has 23 heavy (non-hydrogen) atoms. The molecule has 1 aromatic carbocycles. The summed E-state index contributed by atoms with van der Waals surface area (Å²) in [5, 5.41) is 9.68. The van der Waals surface area contributed by atoms with E-state index in [0.29, 0.717) is 11.9 Å². The van der Waals surface area contributed by atoms with Crippen LogP contribution in [0.3, 0.4) is 0 Å². The zero-order valence-corrected chi connectivity index (χ0v) is 12.6. The van der Waals surface area contributed by atoms with Gasteiger partial charge in [0.1, 0.15) is 5.82 Å². The molecule has 0 unspecified atom stereocenters. The molecule has 1 aliphatic rings. The number of H-pyrrole nitrogens is 1. The third kappa shape index (κ3) is 3.05. The van der Waals surface area contributed by atoms with Gasteiger partial charge in [0.15, 0.2) is 6.10 Å². The Balaban J connectivity index is 1.81. The quantitative estimate of drug-likeness (QED) is 0.897. The second-order valence-corrected chi connectivity index (χ2v) is 5.63. The van der Waals surface area contributed by atoms with E-state index in [1.54, 1.807) is 6.07 Å². The van der Waals surface area contributed by atoms with Crippen molar-refractivity contribution in [3.63, 3.8) is 0 Å². The van der Waals surface area contributed by atoms with Gasteiger partial charge in [0, 0.05) is 23.1 Å². The second kappa shape index (κ2) is 6.00. The molecule has 0 aliphatic carbocycles. The number of hydrogen-bond acceptors (Lipinski definition) is 3. The van der Waals surface area contributed by atoms with Crippen molar-refractivity contribution in [1.82, 2.24) is 9.88 Å². The molecule has 0 saturated carbocycles. The SMILES string of the molecule is Cc1[nH]c2ccc(F)cc2c1CC(=O)N1CCO[C@H](C(=O)O)C1. The molecular formula is C16H17FN2O4. The zero-order chi connectivity index (χ0) is 16.6. The summed E-state index contributed by atoms with van der Waals surface area (Å²) in [7, 11) is 0. The number of carboxylic acid groups (broad SMARTS) is 1. The van der Waals surface area contributed by atoms with Gasteiger partial charge < -0.3 is 19.7 Å². The summed E-state index contributed by atoms with van der Waals surface area (Å²) in [6.07, 6.45) is -0.893. The predicted octanol–water partition coefficient (Wildman–Crippen LogP) is 1.47. The number of benzene rings is 1. The number of halogens is 1. The van der Waals surface area contributed by atoms with Crippen molar-refractivity contribution in [1.29, 1.82) is 0 Å². The monoisotopic (exact) mass is 320 g/mol. The van der Waals surface area contributed by atoms with Gasteiger partial charge in [-0.15, -0.1) is 0 Å². The Labute approximate surface area is 131 Å². The maximum atomic E-state index is 13.5. The van der Waals surface area contributed by atoms with Gasteiger partial charge in [0.25, 0.3) is 0 Å². The maximum absolute atomic E-state index is 13.5. The molecule has 1 saturated heterocycles. The number of fused-ring (bicyclic) bond motifs is 1. The number of nitrogens with zero attached hydrogens (tertiary/aromatic N) is 1. The number of morpholine rings is 1. The third-order valence-electron chi connectivity index (χ3n) is 4.10. The molecule has 122 valence electrons. The maximum Gasteiger partial charge on any atom is 0.334 e. The fourth-order valence-electron chi connectivity index (χ4n) is 2.87. The van der Waals surface area contributed by atoms with Crippen LogP contribution < -0.4 is 0 Å². The summed E-state index contributed by atoms with van der Waals surface area (Å²) in [5.41, 5.74) is 2.32. The minimum absolute atomic E-state index is 0.0317. The van der Waals surface area contributed by atoms with Crippen LogP contribution in [0.4, 0.5) is 4.39 Å². The summed E-state index contributed by atoms with van der Waals surface area (Å²) in [6.45, 7) is 2.42. The Morgan fingerprint density at radius 2 is 2.26 bits per heavy atom. The molecule has 0 radical (unpaired) electrons. The second-order valence-electron chi connectivity index (χ2n) is 5.63. The highest BCUT2D eigenvalue weighted by atomic mass is 19.1. The van der Waals surface area contributed by atoms with Crippen molar-refractivity contribution in [2.45, 2.75) is 19.4 Å². The number of carbonyl (C=O) groups is 2. The topological polar surface area (TPSA) is 82.6 Å². The van der Waals surface area contributed by atoms with Gasteiger partial charge in [-0.3, -0.25) is 4.79 Å². The van der Waals surface area contributed by atoms with Crippen molar-refractivity contribution in [2.24, 2.45) is 0 Å². The Kier molecular flexibility index (Phi) is 4.04. The largest absolute Gasteiger partial charge is 0.479 e. The van der Waals surface area contributed by atoms with Gasteiger partial charge in [-0.25, -0.2) is 9.18 Å². The number of carbonyl (C=O) groups excluding carboxylic acids is 1. The first-order valence-corrected chi connectivity index (χ1v) is 7.34. The predicted molar refractivity (Wildman–Crippen MR) is 80.7 cm³/mol. The highest BCUT2D eigenvalue weighted by molar-refractivity contribution is 5.90. The van der Waals surface area contributed by atoms with Crippen LogP contribution in [0.2, 0.25) is 0 Å². The van der Waals surface area contributed by atoms with E-state index < -0.39 is 12.1 Å². The Hall–Kier alpha value is -2.41. The van der Waals surface area contributed by atoms with Crippen LogP contribution in [-0.4, -0.2) is 52.7 Å². The van der Waals surface area contributed by atoms with E-state index in [-0.39, 0.29) is 31.3 Å². The van der Waals surface area contributed by atoms with Crippen molar-refractivity contribution >= 4 is 22.8 Å². The van der Waals surface area contributed by atoms with Crippen LogP contribution in [0.25, 0.3) is 10.9 Å². The van der Waals surface area contributed by atoms with E-state index in [9.17, 15) is 14.0 Å². The van der Waals surface area contributed by atoms with Gasteiger partial charge in [-0.2, -0.15) is 0 Å².